The number of piperidine rings is 1. The Balaban J connectivity index is 1.64. The summed E-state index contributed by atoms with van der Waals surface area (Å²) in [5, 5.41) is 8.62. The predicted molar refractivity (Wildman–Crippen MR) is 111 cm³/mol. The molecule has 1 aliphatic heterocycles. The minimum Gasteiger partial charge on any atom is -0.317 e. The number of aromatic nitrogens is 4. The van der Waals surface area contributed by atoms with E-state index in [2.05, 4.69) is 15.4 Å². The van der Waals surface area contributed by atoms with Crippen molar-refractivity contribution in [1.82, 2.24) is 24.5 Å². The summed E-state index contributed by atoms with van der Waals surface area (Å²) in [6, 6.07) is 7.10. The molecule has 5 rings (SSSR count). The van der Waals surface area contributed by atoms with Crippen LogP contribution in [0, 0.1) is 19.7 Å². The van der Waals surface area contributed by atoms with E-state index in [9.17, 15) is 4.79 Å². The second-order valence-corrected chi connectivity index (χ2v) is 7.79. The predicted octanol–water partition coefficient (Wildman–Crippen LogP) is 3.39. The maximum absolute atomic E-state index is 15.1. The summed E-state index contributed by atoms with van der Waals surface area (Å²) >= 11 is 0. The molecule has 1 N–H and O–H groups in total. The van der Waals surface area contributed by atoms with Crippen molar-refractivity contribution >= 4 is 16.4 Å². The van der Waals surface area contributed by atoms with Crippen molar-refractivity contribution in [2.75, 3.05) is 13.1 Å². The average Bonchev–Trinajstić information content (AvgIpc) is 3.09. The molecule has 0 radical (unpaired) electrons. The molecule has 0 aliphatic carbocycles. The van der Waals surface area contributed by atoms with Crippen LogP contribution in [0.5, 0.6) is 0 Å². The summed E-state index contributed by atoms with van der Waals surface area (Å²) in [7, 11) is 0. The molecule has 3 aromatic heterocycles. The second kappa shape index (κ2) is 6.77. The standard InChI is InChI=1S/C22H22FN5O/c1-13-9-19(26-28-12-14(2)25-21(13)28)16-10-15-5-8-27(17-3-6-24-7-4-17)22(29)20(15)18(23)11-16/h5,8-12,17,24H,3-4,6-7H2,1-2H3. The molecule has 0 spiro atoms. The van der Waals surface area contributed by atoms with Crippen molar-refractivity contribution in [3.05, 3.63) is 64.1 Å². The first-order valence-electron chi connectivity index (χ1n) is 9.90. The van der Waals surface area contributed by atoms with Gasteiger partial charge in [-0.25, -0.2) is 13.9 Å². The lowest BCUT2D eigenvalue weighted by atomic mass is 10.0. The summed E-state index contributed by atoms with van der Waals surface area (Å²) in [4.78, 5) is 17.5. The third kappa shape index (κ3) is 3.02. The fourth-order valence-electron chi connectivity index (χ4n) is 4.25. The first-order valence-corrected chi connectivity index (χ1v) is 9.90. The van der Waals surface area contributed by atoms with Crippen molar-refractivity contribution in [2.45, 2.75) is 32.7 Å². The van der Waals surface area contributed by atoms with E-state index in [0.717, 1.165) is 42.8 Å². The van der Waals surface area contributed by atoms with Gasteiger partial charge in [0, 0.05) is 17.8 Å². The maximum atomic E-state index is 15.1. The number of benzene rings is 1. The highest BCUT2D eigenvalue weighted by Crippen LogP contribution is 2.27. The van der Waals surface area contributed by atoms with E-state index in [0.29, 0.717) is 16.6 Å². The van der Waals surface area contributed by atoms with E-state index in [-0.39, 0.29) is 17.0 Å². The smallest absolute Gasteiger partial charge is 0.261 e. The van der Waals surface area contributed by atoms with Crippen LogP contribution >= 0.6 is 0 Å². The fourth-order valence-corrected chi connectivity index (χ4v) is 4.25. The van der Waals surface area contributed by atoms with Crippen molar-refractivity contribution in [2.24, 2.45) is 0 Å². The Hall–Kier alpha value is -3.06. The van der Waals surface area contributed by atoms with E-state index in [1.54, 1.807) is 15.3 Å². The van der Waals surface area contributed by atoms with Crippen molar-refractivity contribution in [1.29, 1.82) is 0 Å². The van der Waals surface area contributed by atoms with E-state index in [1.165, 1.54) is 6.07 Å². The molecule has 4 aromatic rings. The summed E-state index contributed by atoms with van der Waals surface area (Å²) in [6.45, 7) is 5.62. The molecule has 1 aliphatic rings. The molecular weight excluding hydrogens is 369 g/mol. The first kappa shape index (κ1) is 18.0. The Morgan fingerprint density at radius 1 is 1.17 bits per heavy atom. The number of fused-ring (bicyclic) bond motifs is 2. The molecule has 0 bridgehead atoms. The van der Waals surface area contributed by atoms with Crippen LogP contribution in [-0.4, -0.2) is 32.3 Å². The lowest BCUT2D eigenvalue weighted by molar-refractivity contribution is 0.362. The van der Waals surface area contributed by atoms with Gasteiger partial charge in [-0.3, -0.25) is 4.79 Å². The van der Waals surface area contributed by atoms with Gasteiger partial charge in [-0.15, -0.1) is 0 Å². The molecule has 0 saturated carbocycles. The van der Waals surface area contributed by atoms with Gasteiger partial charge in [0.05, 0.1) is 23.0 Å². The highest BCUT2D eigenvalue weighted by atomic mass is 19.1. The van der Waals surface area contributed by atoms with Crippen LogP contribution in [0.2, 0.25) is 0 Å². The molecular formula is C22H22FN5O. The maximum Gasteiger partial charge on any atom is 0.261 e. The van der Waals surface area contributed by atoms with Crippen LogP contribution in [0.4, 0.5) is 4.39 Å². The molecule has 0 amide bonds. The van der Waals surface area contributed by atoms with Crippen LogP contribution in [0.1, 0.15) is 30.1 Å². The van der Waals surface area contributed by atoms with Gasteiger partial charge in [0.1, 0.15) is 5.82 Å². The Kier molecular flexibility index (Phi) is 4.20. The van der Waals surface area contributed by atoms with Crippen LogP contribution in [0.3, 0.4) is 0 Å². The van der Waals surface area contributed by atoms with Gasteiger partial charge in [-0.2, -0.15) is 5.10 Å². The zero-order valence-electron chi connectivity index (χ0n) is 16.4. The second-order valence-electron chi connectivity index (χ2n) is 7.79. The Morgan fingerprint density at radius 3 is 2.76 bits per heavy atom. The number of hydrogen-bond acceptors (Lipinski definition) is 4. The van der Waals surface area contributed by atoms with E-state index in [4.69, 9.17) is 0 Å². The van der Waals surface area contributed by atoms with Crippen molar-refractivity contribution < 1.29 is 4.39 Å². The fraction of sp³-hybridized carbons (Fsp3) is 0.318. The summed E-state index contributed by atoms with van der Waals surface area (Å²) in [5.74, 6) is -0.507. The monoisotopic (exact) mass is 391 g/mol. The molecule has 1 fully saturated rings. The third-order valence-corrected chi connectivity index (χ3v) is 5.71. The van der Waals surface area contributed by atoms with Gasteiger partial charge >= 0.3 is 0 Å². The molecule has 6 nitrogen and oxygen atoms in total. The number of rotatable bonds is 2. The summed E-state index contributed by atoms with van der Waals surface area (Å²) < 4.78 is 18.5. The molecule has 1 aromatic carbocycles. The van der Waals surface area contributed by atoms with Gasteiger partial charge < -0.3 is 9.88 Å². The number of nitrogens with zero attached hydrogens (tertiary/aromatic N) is 4. The van der Waals surface area contributed by atoms with E-state index < -0.39 is 5.82 Å². The lowest BCUT2D eigenvalue weighted by Crippen LogP contribution is -2.34. The van der Waals surface area contributed by atoms with Crippen LogP contribution in [0.25, 0.3) is 27.7 Å². The van der Waals surface area contributed by atoms with Gasteiger partial charge in [-0.1, -0.05) is 0 Å². The van der Waals surface area contributed by atoms with E-state index in [1.807, 2.05) is 38.2 Å². The van der Waals surface area contributed by atoms with Gasteiger partial charge in [0.15, 0.2) is 5.65 Å². The number of halogens is 1. The zero-order chi connectivity index (χ0) is 20.1. The van der Waals surface area contributed by atoms with Gasteiger partial charge in [-0.05, 0) is 75.0 Å². The highest BCUT2D eigenvalue weighted by Gasteiger charge is 2.19. The minimum absolute atomic E-state index is 0.114. The molecule has 1 saturated heterocycles. The van der Waals surface area contributed by atoms with Crippen LogP contribution in [-0.2, 0) is 0 Å². The van der Waals surface area contributed by atoms with Gasteiger partial charge in [0.2, 0.25) is 0 Å². The van der Waals surface area contributed by atoms with Gasteiger partial charge in [0.25, 0.3) is 5.56 Å². The van der Waals surface area contributed by atoms with Crippen molar-refractivity contribution in [3.8, 4) is 11.3 Å². The quantitative estimate of drug-likeness (QED) is 0.569. The molecule has 0 atom stereocenters. The Bertz CT molecular complexity index is 1300. The largest absolute Gasteiger partial charge is 0.317 e. The van der Waals surface area contributed by atoms with Crippen molar-refractivity contribution in [3.63, 3.8) is 0 Å². The molecule has 4 heterocycles. The number of nitrogens with one attached hydrogen (secondary N) is 1. The number of pyridine rings is 1. The SMILES string of the molecule is Cc1cn2nc(-c3cc(F)c4c(=O)n(C5CCNCC5)ccc4c3)cc(C)c2n1. The number of aryl methyl sites for hydroxylation is 2. The third-order valence-electron chi connectivity index (χ3n) is 5.71. The number of hydrogen-bond donors (Lipinski definition) is 1. The minimum atomic E-state index is -0.507. The average molecular weight is 391 g/mol. The molecule has 0 unspecified atom stereocenters. The molecule has 29 heavy (non-hydrogen) atoms. The summed E-state index contributed by atoms with van der Waals surface area (Å²) in [5.41, 5.74) is 3.66. The zero-order valence-corrected chi connectivity index (χ0v) is 16.4. The normalized spacial score (nSPS) is 15.4. The summed E-state index contributed by atoms with van der Waals surface area (Å²) in [6.07, 6.45) is 5.39. The first-order chi connectivity index (χ1) is 14.0. The Morgan fingerprint density at radius 2 is 1.97 bits per heavy atom. The van der Waals surface area contributed by atoms with Crippen LogP contribution < -0.4 is 10.9 Å². The highest BCUT2D eigenvalue weighted by molar-refractivity contribution is 5.86. The lowest BCUT2D eigenvalue weighted by Gasteiger charge is -2.25. The number of imidazole rings is 1. The topological polar surface area (TPSA) is 64.2 Å². The Labute approximate surface area is 167 Å². The molecule has 7 heteroatoms. The van der Waals surface area contributed by atoms with Crippen LogP contribution in [0.15, 0.2) is 41.5 Å². The van der Waals surface area contributed by atoms with E-state index >= 15 is 4.39 Å². The molecule has 148 valence electrons.